The van der Waals surface area contributed by atoms with Crippen LogP contribution in [-0.2, 0) is 14.3 Å². The third-order valence-corrected chi connectivity index (χ3v) is 32.3. The number of aliphatic hydroxyl groups excluding tert-OH is 6. The zero-order valence-corrected chi connectivity index (χ0v) is 59.1. The molecule has 0 spiro atoms. The summed E-state index contributed by atoms with van der Waals surface area (Å²) in [7, 11) is 1.48. The zero-order valence-electron chi connectivity index (χ0n) is 59.1. The Kier molecular flexibility index (Phi) is 21.7. The van der Waals surface area contributed by atoms with Gasteiger partial charge in [0.25, 0.3) is 0 Å². The van der Waals surface area contributed by atoms with Gasteiger partial charge in [-0.25, -0.2) is 0 Å². The van der Waals surface area contributed by atoms with Crippen LogP contribution in [0.15, 0.2) is 23.3 Å². The number of ether oxygens (including phenoxy) is 1. The van der Waals surface area contributed by atoms with E-state index in [1.165, 1.54) is 115 Å². The van der Waals surface area contributed by atoms with Gasteiger partial charge in [-0.05, 0) is 330 Å². The van der Waals surface area contributed by atoms with Crippen LogP contribution < -0.4 is 0 Å². The summed E-state index contributed by atoms with van der Waals surface area (Å²) in [4.78, 5) is 25.7. The highest BCUT2D eigenvalue weighted by Crippen LogP contribution is 2.73. The number of esters is 1. The van der Waals surface area contributed by atoms with Crippen molar-refractivity contribution >= 4 is 11.8 Å². The minimum atomic E-state index is -0.329. The third-order valence-electron chi connectivity index (χ3n) is 32.3. The van der Waals surface area contributed by atoms with E-state index in [0.717, 1.165) is 94.8 Å². The molecule has 0 saturated heterocycles. The molecule has 12 aliphatic carbocycles. The molecule has 9 unspecified atom stereocenters. The quantitative estimate of drug-likeness (QED) is 0.0598. The molecule has 12 aliphatic rings. The summed E-state index contributed by atoms with van der Waals surface area (Å²) in [5.41, 5.74) is 4.13. The summed E-state index contributed by atoms with van der Waals surface area (Å²) in [6.45, 7) is 31.7. The fraction of sp³-hybridized carbons (Fsp3) is 0.925. The van der Waals surface area contributed by atoms with Crippen LogP contribution in [0.5, 0.6) is 0 Å². The lowest BCUT2D eigenvalue weighted by Crippen LogP contribution is -2.62. The molecule has 0 heterocycles. The van der Waals surface area contributed by atoms with Crippen LogP contribution in [0.25, 0.3) is 0 Å². The average molecular weight is 1240 g/mol. The van der Waals surface area contributed by atoms with Crippen LogP contribution in [0, 0.1) is 151 Å². The molecule has 0 bridgehead atoms. The van der Waals surface area contributed by atoms with Crippen molar-refractivity contribution in [2.45, 2.75) is 294 Å². The Morgan fingerprint density at radius 2 is 0.989 bits per heavy atom. The minimum absolute atomic E-state index is 0.0964. The molecule has 12 rings (SSSR count). The first-order chi connectivity index (χ1) is 42.2. The monoisotopic (exact) mass is 1240 g/mol. The summed E-state index contributed by atoms with van der Waals surface area (Å²) in [6, 6.07) is 0. The molecule has 0 aromatic heterocycles. The van der Waals surface area contributed by atoms with Crippen LogP contribution in [0.2, 0.25) is 0 Å². The molecule has 508 valence electrons. The van der Waals surface area contributed by atoms with Gasteiger partial charge in [0.1, 0.15) is 0 Å². The second-order valence-electron chi connectivity index (χ2n) is 35.7. The maximum atomic E-state index is 14.0. The molecule has 12 saturated carbocycles. The third kappa shape index (κ3) is 12.0. The molecule has 0 amide bonds. The Bertz CT molecular complexity index is 2490. The molecular formula is C80H134O9. The van der Waals surface area contributed by atoms with Gasteiger partial charge in [-0.3, -0.25) is 9.59 Å². The number of allylic oxidation sites excluding steroid dienone is 3. The highest BCUT2D eigenvalue weighted by Gasteiger charge is 2.68. The van der Waals surface area contributed by atoms with Gasteiger partial charge < -0.3 is 35.4 Å². The van der Waals surface area contributed by atoms with Crippen molar-refractivity contribution in [3.05, 3.63) is 23.3 Å². The van der Waals surface area contributed by atoms with Crippen molar-refractivity contribution < 1.29 is 45.0 Å². The summed E-state index contributed by atoms with van der Waals surface area (Å²) in [6.07, 6.45) is 34.7. The Morgan fingerprint density at radius 1 is 0.539 bits per heavy atom. The summed E-state index contributed by atoms with van der Waals surface area (Å²) in [5.74, 6) is 11.3. The van der Waals surface area contributed by atoms with E-state index in [-0.39, 0.29) is 47.1 Å². The van der Waals surface area contributed by atoms with Crippen LogP contribution in [0.1, 0.15) is 270 Å². The first kappa shape index (κ1) is 70.2. The Hall–Kier alpha value is -1.62. The number of Topliss-reactive ketones (excluding diaryl/α,β-unsaturated/α-hetero) is 1. The lowest BCUT2D eigenvalue weighted by atomic mass is 9.41. The highest BCUT2D eigenvalue weighted by molar-refractivity contribution is 5.99. The Morgan fingerprint density at radius 3 is 1.53 bits per heavy atom. The van der Waals surface area contributed by atoms with E-state index in [2.05, 4.69) is 102 Å². The number of ketones is 1. The van der Waals surface area contributed by atoms with Crippen LogP contribution in [0.4, 0.5) is 0 Å². The maximum absolute atomic E-state index is 14.0. The van der Waals surface area contributed by atoms with E-state index in [1.54, 1.807) is 0 Å². The van der Waals surface area contributed by atoms with Crippen molar-refractivity contribution in [1.29, 1.82) is 0 Å². The number of aliphatic hydroxyl groups is 6. The fourth-order valence-electron chi connectivity index (χ4n) is 27.6. The molecule has 0 aliphatic heterocycles. The number of fused-ring (bicyclic) bond motifs is 15. The highest BCUT2D eigenvalue weighted by atomic mass is 16.5. The van der Waals surface area contributed by atoms with E-state index >= 15 is 0 Å². The van der Waals surface area contributed by atoms with E-state index in [1.807, 2.05) is 0 Å². The van der Waals surface area contributed by atoms with Gasteiger partial charge in [0.15, 0.2) is 5.78 Å². The van der Waals surface area contributed by atoms with Gasteiger partial charge in [-0.1, -0.05) is 101 Å². The molecule has 89 heavy (non-hydrogen) atoms. The standard InChI is InChI=1S/C28H44O3.C26H46O3.C26H44O3/c1-7-19-23-16-17(2)12-14-28(23,5)22-13-15-27(4)20(18(3)8-11-24(29)31-6)9-10-21(27)25(22)26(19)30;2*1-5-18-22-15-17(28)10-12-26(22,4)21-11-13-25(3)19(16(2)7-6-14-27)8-9-20(25)23(21)24(18)29/h7,17-18,20-23,25H,8-16H2,1-6H3;16-24,27-29H,5-15H2,1-4H3;5,16-17,19-24,27-29H,6-15H2,1-4H3/b19-7+;;18-5+/t17-,18-,20-,21?,22?,23+,25?,27-,28-;16-,17-,18-,19-,20?,21?,22+,23?,24+,25-,26-;16-,17-,19-,20?,21?,22+,23?,24+,25-,26-/m111/s1. The smallest absolute Gasteiger partial charge is 0.305 e. The van der Waals surface area contributed by atoms with Crippen LogP contribution in [0.3, 0.4) is 0 Å². The average Bonchev–Trinajstić information content (AvgIpc) is 1.72. The molecule has 0 radical (unpaired) electrons. The number of carbonyl (C=O) groups is 2. The van der Waals surface area contributed by atoms with Gasteiger partial charge in [0.2, 0.25) is 0 Å². The van der Waals surface area contributed by atoms with Crippen molar-refractivity contribution in [2.24, 2.45) is 151 Å². The number of rotatable bonds is 13. The number of hydrogen-bond acceptors (Lipinski definition) is 9. The number of methoxy groups -OCH3 is 1. The lowest BCUT2D eigenvalue weighted by Gasteiger charge is -2.64. The maximum Gasteiger partial charge on any atom is 0.305 e. The minimum Gasteiger partial charge on any atom is -0.469 e. The van der Waals surface area contributed by atoms with E-state index in [0.29, 0.717) is 142 Å². The largest absolute Gasteiger partial charge is 0.469 e. The first-order valence-corrected chi connectivity index (χ1v) is 38.1. The second-order valence-corrected chi connectivity index (χ2v) is 35.7. The fourth-order valence-corrected chi connectivity index (χ4v) is 27.6. The lowest BCUT2D eigenvalue weighted by molar-refractivity contribution is -0.203. The van der Waals surface area contributed by atoms with Crippen molar-refractivity contribution in [2.75, 3.05) is 20.3 Å². The molecule has 0 aromatic carbocycles. The molecule has 12 fully saturated rings. The Labute approximate surface area is 542 Å². The Balaban J connectivity index is 0.000000147. The molecule has 6 N–H and O–H groups in total. The topological polar surface area (TPSA) is 165 Å². The van der Waals surface area contributed by atoms with Gasteiger partial charge in [-0.2, -0.15) is 0 Å². The first-order valence-electron chi connectivity index (χ1n) is 38.1. The summed E-state index contributed by atoms with van der Waals surface area (Å²) in [5, 5.41) is 62.8. The van der Waals surface area contributed by atoms with Crippen LogP contribution in [-0.4, -0.2) is 87.1 Å². The predicted molar refractivity (Wildman–Crippen MR) is 359 cm³/mol. The number of hydrogen-bond donors (Lipinski definition) is 6. The number of carbonyl (C=O) groups excluding carboxylic acids is 2. The summed E-state index contributed by atoms with van der Waals surface area (Å²) < 4.78 is 4.88. The second kappa shape index (κ2) is 27.5. The molecular weight excluding hydrogens is 1100 g/mol. The van der Waals surface area contributed by atoms with E-state index in [9.17, 15) is 40.2 Å². The van der Waals surface area contributed by atoms with Crippen molar-refractivity contribution in [3.63, 3.8) is 0 Å². The predicted octanol–water partition coefficient (Wildman–Crippen LogP) is 16.6. The normalized spacial score (nSPS) is 50.5. The molecule has 9 heteroatoms. The SMILES string of the molecule is C/C=C1/C(=O)C2C3CC[C@H]([C@H](C)CCC(=O)OC)[C@@]3(C)CCC2[C@@]2(C)CC[C@@H](C)C[C@@H]12.C/C=C1/[C@H](O)C2C3CC[C@H]([C@H](C)CCCO)[C@@]3(C)CCC2[C@@]2(C)CC[C@@H](O)C[C@@H]12.CC[C@H]1[C@H](O)C2C3CC[C@H]([C@H](C)CCCO)[C@@]3(C)CCC2[C@@]2(C)CC[C@@H](O)C[C@@H]12. The van der Waals surface area contributed by atoms with Gasteiger partial charge in [0.05, 0.1) is 31.5 Å². The van der Waals surface area contributed by atoms with Gasteiger partial charge in [-0.15, -0.1) is 0 Å². The summed E-state index contributed by atoms with van der Waals surface area (Å²) >= 11 is 0. The zero-order chi connectivity index (χ0) is 64.5. The van der Waals surface area contributed by atoms with Gasteiger partial charge in [0, 0.05) is 25.6 Å². The van der Waals surface area contributed by atoms with Crippen LogP contribution >= 0.6 is 0 Å². The van der Waals surface area contributed by atoms with Gasteiger partial charge >= 0.3 is 5.97 Å². The van der Waals surface area contributed by atoms with E-state index in [4.69, 9.17) is 4.74 Å². The van der Waals surface area contributed by atoms with Crippen molar-refractivity contribution in [1.82, 2.24) is 0 Å². The molecule has 30 atom stereocenters. The molecule has 0 aromatic rings. The van der Waals surface area contributed by atoms with Crippen molar-refractivity contribution in [3.8, 4) is 0 Å². The van der Waals surface area contributed by atoms with E-state index < -0.39 is 0 Å². The molecule has 9 nitrogen and oxygen atoms in total.